The molecule has 0 saturated carbocycles. The van der Waals surface area contributed by atoms with Crippen LogP contribution >= 0.6 is 0 Å². The van der Waals surface area contributed by atoms with Gasteiger partial charge in [-0.15, -0.1) is 0 Å². The molecule has 0 spiro atoms. The molecule has 1 N–H and O–H groups in total. The lowest BCUT2D eigenvalue weighted by molar-refractivity contribution is -0.129. The van der Waals surface area contributed by atoms with Crippen molar-refractivity contribution in [2.75, 3.05) is 13.6 Å². The van der Waals surface area contributed by atoms with Crippen molar-refractivity contribution < 1.29 is 4.79 Å². The van der Waals surface area contributed by atoms with Gasteiger partial charge in [-0.1, -0.05) is 30.4 Å². The van der Waals surface area contributed by atoms with Gasteiger partial charge in [-0.2, -0.15) is 0 Å². The highest BCUT2D eigenvalue weighted by Crippen LogP contribution is 2.19. The minimum atomic E-state index is 0.188. The van der Waals surface area contributed by atoms with Gasteiger partial charge in [0.25, 0.3) is 0 Å². The fraction of sp³-hybridized carbons (Fsp3) is 0.353. The number of aryl methyl sites for hydroxylation is 1. The lowest BCUT2D eigenvalue weighted by atomic mass is 10.1. The summed E-state index contributed by atoms with van der Waals surface area (Å²) < 4.78 is 0. The molecule has 3 nitrogen and oxygen atoms in total. The number of aromatic amines is 1. The molecule has 0 bridgehead atoms. The second kappa shape index (κ2) is 6.42. The Morgan fingerprint density at radius 2 is 2.10 bits per heavy atom. The molecule has 2 rings (SSSR count). The van der Waals surface area contributed by atoms with Crippen LogP contribution in [0.3, 0.4) is 0 Å². The highest BCUT2D eigenvalue weighted by atomic mass is 16.2. The largest absolute Gasteiger partial charge is 0.361 e. The minimum Gasteiger partial charge on any atom is -0.361 e. The summed E-state index contributed by atoms with van der Waals surface area (Å²) in [5.74, 6) is 0.188. The van der Waals surface area contributed by atoms with Crippen molar-refractivity contribution in [3.8, 4) is 0 Å². The van der Waals surface area contributed by atoms with Crippen LogP contribution in [0.25, 0.3) is 10.9 Å². The number of benzene rings is 1. The molecule has 1 heterocycles. The smallest absolute Gasteiger partial charge is 0.222 e. The van der Waals surface area contributed by atoms with Crippen LogP contribution in [-0.2, 0) is 11.2 Å². The average Bonchev–Trinajstić information content (AvgIpc) is 2.81. The van der Waals surface area contributed by atoms with Crippen molar-refractivity contribution in [2.45, 2.75) is 26.2 Å². The van der Waals surface area contributed by atoms with Crippen LogP contribution in [0.1, 0.15) is 25.3 Å². The molecule has 0 saturated heterocycles. The Labute approximate surface area is 120 Å². The summed E-state index contributed by atoms with van der Waals surface area (Å²) >= 11 is 0. The molecule has 0 unspecified atom stereocenters. The van der Waals surface area contributed by atoms with Crippen LogP contribution in [0.5, 0.6) is 0 Å². The molecule has 1 aromatic carbocycles. The maximum Gasteiger partial charge on any atom is 0.222 e. The fourth-order valence-corrected chi connectivity index (χ4v) is 2.45. The number of para-hydroxylation sites is 1. The number of fused-ring (bicyclic) bond motifs is 1. The number of H-pyrrole nitrogens is 1. The Hall–Kier alpha value is -2.03. The summed E-state index contributed by atoms with van der Waals surface area (Å²) in [5.41, 5.74) is 3.46. The first-order valence-corrected chi connectivity index (χ1v) is 7.01. The van der Waals surface area contributed by atoms with Crippen molar-refractivity contribution in [3.63, 3.8) is 0 Å². The summed E-state index contributed by atoms with van der Waals surface area (Å²) in [6, 6.07) is 8.27. The van der Waals surface area contributed by atoms with E-state index in [0.29, 0.717) is 13.0 Å². The summed E-state index contributed by atoms with van der Waals surface area (Å²) in [6.07, 6.45) is 4.44. The van der Waals surface area contributed by atoms with E-state index < -0.39 is 0 Å². The third kappa shape index (κ3) is 3.50. The Morgan fingerprint density at radius 3 is 2.85 bits per heavy atom. The maximum absolute atomic E-state index is 11.9. The molecule has 20 heavy (non-hydrogen) atoms. The van der Waals surface area contributed by atoms with Crippen molar-refractivity contribution in [1.29, 1.82) is 0 Å². The Morgan fingerprint density at radius 1 is 1.35 bits per heavy atom. The van der Waals surface area contributed by atoms with E-state index in [1.54, 1.807) is 4.90 Å². The lowest BCUT2D eigenvalue weighted by Crippen LogP contribution is -2.27. The van der Waals surface area contributed by atoms with Gasteiger partial charge < -0.3 is 9.88 Å². The highest BCUT2D eigenvalue weighted by molar-refractivity contribution is 5.83. The molecule has 0 atom stereocenters. The number of hydrogen-bond acceptors (Lipinski definition) is 1. The van der Waals surface area contributed by atoms with Gasteiger partial charge in [0, 0.05) is 37.1 Å². The van der Waals surface area contributed by atoms with E-state index in [9.17, 15) is 4.79 Å². The maximum atomic E-state index is 11.9. The highest BCUT2D eigenvalue weighted by Gasteiger charge is 2.09. The molecule has 0 aliphatic heterocycles. The lowest BCUT2D eigenvalue weighted by Gasteiger charge is -2.16. The summed E-state index contributed by atoms with van der Waals surface area (Å²) in [6.45, 7) is 6.42. The first-order chi connectivity index (χ1) is 9.58. The van der Waals surface area contributed by atoms with Crippen molar-refractivity contribution >= 4 is 16.8 Å². The second-order valence-electron chi connectivity index (χ2n) is 5.42. The van der Waals surface area contributed by atoms with Crippen LogP contribution in [-0.4, -0.2) is 29.4 Å². The number of carbonyl (C=O) groups is 1. The third-order valence-corrected chi connectivity index (χ3v) is 3.44. The summed E-state index contributed by atoms with van der Waals surface area (Å²) in [4.78, 5) is 17.0. The minimum absolute atomic E-state index is 0.188. The second-order valence-corrected chi connectivity index (χ2v) is 5.42. The SMILES string of the molecule is C=C(C)CN(C)C(=O)CCCc1c[nH]c2ccccc12. The van der Waals surface area contributed by atoms with Gasteiger partial charge in [-0.05, 0) is 31.4 Å². The molecule has 106 valence electrons. The first kappa shape index (κ1) is 14.4. The molecular formula is C17H22N2O. The number of hydrogen-bond donors (Lipinski definition) is 1. The monoisotopic (exact) mass is 270 g/mol. The normalized spacial score (nSPS) is 10.7. The van der Waals surface area contributed by atoms with E-state index >= 15 is 0 Å². The van der Waals surface area contributed by atoms with Crippen LogP contribution in [0.4, 0.5) is 0 Å². The van der Waals surface area contributed by atoms with E-state index in [2.05, 4.69) is 23.7 Å². The van der Waals surface area contributed by atoms with Gasteiger partial charge in [0.15, 0.2) is 0 Å². The van der Waals surface area contributed by atoms with E-state index in [4.69, 9.17) is 0 Å². The van der Waals surface area contributed by atoms with Crippen LogP contribution < -0.4 is 0 Å². The quantitative estimate of drug-likeness (QED) is 0.801. The molecule has 0 aliphatic rings. The topological polar surface area (TPSA) is 36.1 Å². The standard InChI is InChI=1S/C17H22N2O/c1-13(2)12-19(3)17(20)10-6-7-14-11-18-16-9-5-4-8-15(14)16/h4-5,8-9,11,18H,1,6-7,10,12H2,2-3H3. The zero-order chi connectivity index (χ0) is 14.5. The third-order valence-electron chi connectivity index (χ3n) is 3.44. The zero-order valence-electron chi connectivity index (χ0n) is 12.3. The zero-order valence-corrected chi connectivity index (χ0v) is 12.3. The van der Waals surface area contributed by atoms with Crippen molar-refractivity contribution in [1.82, 2.24) is 9.88 Å². The molecule has 0 radical (unpaired) electrons. The van der Waals surface area contributed by atoms with E-state index in [1.165, 1.54) is 10.9 Å². The molecule has 3 heteroatoms. The van der Waals surface area contributed by atoms with Crippen LogP contribution in [0.2, 0.25) is 0 Å². The Kier molecular flexibility index (Phi) is 4.61. The van der Waals surface area contributed by atoms with Gasteiger partial charge in [0.05, 0.1) is 0 Å². The molecule has 1 aromatic heterocycles. The molecule has 1 amide bonds. The molecular weight excluding hydrogens is 248 g/mol. The van der Waals surface area contributed by atoms with Crippen molar-refractivity contribution in [2.24, 2.45) is 0 Å². The number of likely N-dealkylation sites (N-methyl/N-ethyl adjacent to an activating group) is 1. The number of carbonyl (C=O) groups excluding carboxylic acids is 1. The van der Waals surface area contributed by atoms with E-state index in [-0.39, 0.29) is 5.91 Å². The number of rotatable bonds is 6. The first-order valence-electron chi connectivity index (χ1n) is 7.01. The van der Waals surface area contributed by atoms with E-state index in [1.807, 2.05) is 32.3 Å². The van der Waals surface area contributed by atoms with Gasteiger partial charge >= 0.3 is 0 Å². The molecule has 0 aliphatic carbocycles. The van der Waals surface area contributed by atoms with Crippen LogP contribution in [0.15, 0.2) is 42.6 Å². The summed E-state index contributed by atoms with van der Waals surface area (Å²) in [5, 5.41) is 1.26. The number of nitrogens with one attached hydrogen (secondary N) is 1. The predicted molar refractivity (Wildman–Crippen MR) is 83.7 cm³/mol. The predicted octanol–water partition coefficient (Wildman–Crippen LogP) is 3.53. The number of aromatic nitrogens is 1. The number of nitrogens with zero attached hydrogens (tertiary/aromatic N) is 1. The molecule has 2 aromatic rings. The molecule has 0 fully saturated rings. The summed E-state index contributed by atoms with van der Waals surface area (Å²) in [7, 11) is 1.84. The Bertz CT molecular complexity index is 612. The Balaban J connectivity index is 1.87. The van der Waals surface area contributed by atoms with E-state index in [0.717, 1.165) is 23.9 Å². The fourth-order valence-electron chi connectivity index (χ4n) is 2.45. The number of amides is 1. The van der Waals surface area contributed by atoms with Gasteiger partial charge in [-0.3, -0.25) is 4.79 Å². The average molecular weight is 270 g/mol. The van der Waals surface area contributed by atoms with Gasteiger partial charge in [0.1, 0.15) is 0 Å². The van der Waals surface area contributed by atoms with Gasteiger partial charge in [0.2, 0.25) is 5.91 Å². The van der Waals surface area contributed by atoms with Crippen molar-refractivity contribution in [3.05, 3.63) is 48.2 Å². The van der Waals surface area contributed by atoms with Gasteiger partial charge in [-0.25, -0.2) is 0 Å². The van der Waals surface area contributed by atoms with Crippen LogP contribution in [0, 0.1) is 0 Å².